The van der Waals surface area contributed by atoms with E-state index in [2.05, 4.69) is 75.4 Å². The van der Waals surface area contributed by atoms with Crippen LogP contribution in [0.3, 0.4) is 0 Å². The lowest BCUT2D eigenvalue weighted by molar-refractivity contribution is 0.350. The maximum Gasteiger partial charge on any atom is 0.0412 e. The van der Waals surface area contributed by atoms with Gasteiger partial charge in [0.1, 0.15) is 0 Å². The fraction of sp³-hybridized carbons (Fsp3) is 0.357. The molecule has 3 aliphatic carbocycles. The van der Waals surface area contributed by atoms with E-state index in [-0.39, 0.29) is 10.8 Å². The number of fused-ring (bicyclic) bond motifs is 3. The summed E-state index contributed by atoms with van der Waals surface area (Å²) in [6, 6.07) is 15.5. The first kappa shape index (κ1) is 18.9. The molecule has 0 N–H and O–H groups in total. The van der Waals surface area contributed by atoms with Crippen molar-refractivity contribution in [2.75, 3.05) is 0 Å². The number of benzene rings is 2. The molecule has 1 fully saturated rings. The van der Waals surface area contributed by atoms with Gasteiger partial charge in [0.15, 0.2) is 0 Å². The van der Waals surface area contributed by atoms with Crippen molar-refractivity contribution in [3.63, 3.8) is 0 Å². The Kier molecular flexibility index (Phi) is 4.40. The van der Waals surface area contributed by atoms with Crippen LogP contribution in [0.5, 0.6) is 0 Å². The number of hydrogen-bond acceptors (Lipinski definition) is 0. The summed E-state index contributed by atoms with van der Waals surface area (Å²) in [5.74, 6) is 0. The van der Waals surface area contributed by atoms with Crippen LogP contribution in [-0.2, 0) is 10.8 Å². The molecule has 1 saturated carbocycles. The van der Waals surface area contributed by atoms with Crippen LogP contribution in [-0.4, -0.2) is 0 Å². The van der Waals surface area contributed by atoms with Crippen LogP contribution in [0.2, 0.25) is 5.02 Å². The van der Waals surface area contributed by atoms with Crippen molar-refractivity contribution in [2.24, 2.45) is 0 Å². The smallest absolute Gasteiger partial charge is 0.0412 e. The van der Waals surface area contributed by atoms with Crippen LogP contribution in [0.1, 0.15) is 75.1 Å². The summed E-state index contributed by atoms with van der Waals surface area (Å²) in [5.41, 5.74) is 10.1. The van der Waals surface area contributed by atoms with Gasteiger partial charge in [-0.25, -0.2) is 0 Å². The lowest BCUT2D eigenvalue weighted by atomic mass is 9.66. The van der Waals surface area contributed by atoms with E-state index >= 15 is 0 Å². The van der Waals surface area contributed by atoms with Crippen LogP contribution in [0.15, 0.2) is 65.8 Å². The van der Waals surface area contributed by atoms with Gasteiger partial charge < -0.3 is 0 Å². The molecule has 0 amide bonds. The summed E-state index contributed by atoms with van der Waals surface area (Å²) < 4.78 is 0. The first-order chi connectivity index (χ1) is 14.0. The lowest BCUT2D eigenvalue weighted by Crippen LogP contribution is -2.28. The second-order valence-electron chi connectivity index (χ2n) is 9.40. The van der Waals surface area contributed by atoms with Gasteiger partial charge in [-0.3, -0.25) is 0 Å². The van der Waals surface area contributed by atoms with Gasteiger partial charge in [0.05, 0.1) is 0 Å². The molecule has 1 spiro atoms. The van der Waals surface area contributed by atoms with Crippen LogP contribution < -0.4 is 0 Å². The van der Waals surface area contributed by atoms with Crippen molar-refractivity contribution in [1.29, 1.82) is 0 Å². The van der Waals surface area contributed by atoms with Crippen LogP contribution in [0.4, 0.5) is 0 Å². The average Bonchev–Trinajstić information content (AvgIpc) is 3.11. The largest absolute Gasteiger partial charge is 0.0843 e. The molecule has 148 valence electrons. The fourth-order valence-electron chi connectivity index (χ4n) is 6.15. The highest BCUT2D eigenvalue weighted by Gasteiger charge is 2.43. The van der Waals surface area contributed by atoms with E-state index in [9.17, 15) is 0 Å². The topological polar surface area (TPSA) is 0 Å². The fourth-order valence-corrected chi connectivity index (χ4v) is 6.32. The molecule has 29 heavy (non-hydrogen) atoms. The van der Waals surface area contributed by atoms with E-state index in [0.717, 1.165) is 5.02 Å². The lowest BCUT2D eigenvalue weighted by Gasteiger charge is -2.37. The zero-order valence-electron chi connectivity index (χ0n) is 17.7. The molecule has 0 atom stereocenters. The maximum atomic E-state index is 6.44. The van der Waals surface area contributed by atoms with Crippen LogP contribution in [0, 0.1) is 0 Å². The third-order valence-electron chi connectivity index (χ3n) is 7.54. The molecule has 0 bridgehead atoms. The Labute approximate surface area is 180 Å². The number of rotatable bonds is 1. The van der Waals surface area contributed by atoms with Gasteiger partial charge >= 0.3 is 0 Å². The van der Waals surface area contributed by atoms with E-state index in [0.29, 0.717) is 0 Å². The summed E-state index contributed by atoms with van der Waals surface area (Å²) in [5, 5.41) is 0.818. The molecule has 0 radical (unpaired) electrons. The minimum Gasteiger partial charge on any atom is -0.0843 e. The Morgan fingerprint density at radius 1 is 0.931 bits per heavy atom. The standard InChI is InChI=1S/C28H29Cl/c1-4-24-22(23-18-21(29)12-13-26(23)27(24,2)3)17-20-16-19-10-6-7-11-25(19)28(20)14-8-5-9-15-28/h4,6-7,10-13,16-18H,5,8-9,14-15H2,1-3H3/b22-17-,24-4+. The first-order valence-corrected chi connectivity index (χ1v) is 11.4. The Morgan fingerprint density at radius 3 is 2.45 bits per heavy atom. The molecule has 2 aromatic carbocycles. The predicted molar refractivity (Wildman–Crippen MR) is 125 cm³/mol. The Hall–Kier alpha value is -2.05. The zero-order chi connectivity index (χ0) is 20.2. The van der Waals surface area contributed by atoms with Crippen molar-refractivity contribution in [1.82, 2.24) is 0 Å². The molecule has 5 rings (SSSR count). The summed E-state index contributed by atoms with van der Waals surface area (Å²) in [7, 11) is 0. The van der Waals surface area contributed by atoms with E-state index in [1.165, 1.54) is 71.1 Å². The van der Waals surface area contributed by atoms with Gasteiger partial charge in [-0.1, -0.05) is 87.2 Å². The molecular formula is C28H29Cl. The number of allylic oxidation sites excluding steroid dienone is 5. The number of hydrogen-bond donors (Lipinski definition) is 0. The van der Waals surface area contributed by atoms with Gasteiger partial charge in [0.25, 0.3) is 0 Å². The van der Waals surface area contributed by atoms with Crippen molar-refractivity contribution in [3.05, 3.63) is 93.0 Å². The Balaban J connectivity index is 1.72. The van der Waals surface area contributed by atoms with E-state index in [1.807, 2.05) is 6.07 Å². The molecule has 0 aromatic heterocycles. The van der Waals surface area contributed by atoms with Crippen molar-refractivity contribution in [3.8, 4) is 0 Å². The van der Waals surface area contributed by atoms with E-state index in [1.54, 1.807) is 0 Å². The summed E-state index contributed by atoms with van der Waals surface area (Å²) in [6.07, 6.45) is 13.8. The predicted octanol–water partition coefficient (Wildman–Crippen LogP) is 8.26. The van der Waals surface area contributed by atoms with Gasteiger partial charge in [-0.05, 0) is 76.9 Å². The molecule has 3 aliphatic rings. The molecule has 0 aliphatic heterocycles. The summed E-state index contributed by atoms with van der Waals surface area (Å²) in [6.45, 7) is 6.85. The Morgan fingerprint density at radius 2 is 1.69 bits per heavy atom. The van der Waals surface area contributed by atoms with Gasteiger partial charge in [-0.2, -0.15) is 0 Å². The molecule has 1 heteroatoms. The highest BCUT2D eigenvalue weighted by atomic mass is 35.5. The molecule has 0 nitrogen and oxygen atoms in total. The monoisotopic (exact) mass is 400 g/mol. The quantitative estimate of drug-likeness (QED) is 0.451. The van der Waals surface area contributed by atoms with Crippen molar-refractivity contribution < 1.29 is 0 Å². The normalized spacial score (nSPS) is 24.1. The third-order valence-corrected chi connectivity index (χ3v) is 7.78. The van der Waals surface area contributed by atoms with Crippen LogP contribution in [0.25, 0.3) is 11.6 Å². The van der Waals surface area contributed by atoms with Crippen LogP contribution >= 0.6 is 11.6 Å². The zero-order valence-corrected chi connectivity index (χ0v) is 18.4. The maximum absolute atomic E-state index is 6.44. The second kappa shape index (κ2) is 6.74. The third kappa shape index (κ3) is 2.72. The SMILES string of the molecule is C/C=C1\C(=C/C2=Cc3ccccc3C23CCCCC3)c2cc(Cl)ccc2C1(C)C. The summed E-state index contributed by atoms with van der Waals surface area (Å²) >= 11 is 6.44. The molecule has 2 aromatic rings. The van der Waals surface area contributed by atoms with Crippen molar-refractivity contribution >= 4 is 23.3 Å². The van der Waals surface area contributed by atoms with Gasteiger partial charge in [0.2, 0.25) is 0 Å². The van der Waals surface area contributed by atoms with E-state index in [4.69, 9.17) is 11.6 Å². The molecule has 0 heterocycles. The highest BCUT2D eigenvalue weighted by Crippen LogP contribution is 2.55. The van der Waals surface area contributed by atoms with Crippen molar-refractivity contribution in [2.45, 2.75) is 63.7 Å². The first-order valence-electron chi connectivity index (χ1n) is 11.0. The minimum absolute atomic E-state index is 0.00620. The number of halogens is 1. The minimum atomic E-state index is 0.00620. The average molecular weight is 401 g/mol. The van der Waals surface area contributed by atoms with Gasteiger partial charge in [-0.15, -0.1) is 0 Å². The van der Waals surface area contributed by atoms with E-state index < -0.39 is 0 Å². The molecule has 0 unspecified atom stereocenters. The molecular weight excluding hydrogens is 372 g/mol. The second-order valence-corrected chi connectivity index (χ2v) is 9.84. The molecule has 0 saturated heterocycles. The summed E-state index contributed by atoms with van der Waals surface area (Å²) in [4.78, 5) is 0. The Bertz CT molecular complexity index is 1070. The highest BCUT2D eigenvalue weighted by molar-refractivity contribution is 6.30. The van der Waals surface area contributed by atoms with Gasteiger partial charge in [0, 0.05) is 15.9 Å².